The third-order valence-electron chi connectivity index (χ3n) is 4.12. The van der Waals surface area contributed by atoms with Crippen LogP contribution in [0.25, 0.3) is 0 Å². The molecule has 0 bridgehead atoms. The Kier molecular flexibility index (Phi) is 7.21. The van der Waals surface area contributed by atoms with Crippen molar-refractivity contribution in [3.63, 3.8) is 0 Å². The summed E-state index contributed by atoms with van der Waals surface area (Å²) in [5.74, 6) is 0.620. The molecule has 0 aromatic heterocycles. The Balaban J connectivity index is 1.72. The monoisotopic (exact) mass is 354 g/mol. The first-order valence-corrected chi connectivity index (χ1v) is 8.83. The molecule has 0 aliphatic rings. The SMILES string of the molecule is CCNC(=O)c1ccc(CNC(=O)CCOc2ccc(C)c(C)c2)cc1. The van der Waals surface area contributed by atoms with Crippen LogP contribution in [-0.4, -0.2) is 25.0 Å². The zero-order valence-corrected chi connectivity index (χ0v) is 15.6. The molecule has 0 atom stereocenters. The van der Waals surface area contributed by atoms with Crippen molar-refractivity contribution < 1.29 is 14.3 Å². The summed E-state index contributed by atoms with van der Waals surface area (Å²) in [6.45, 7) is 7.33. The van der Waals surface area contributed by atoms with E-state index < -0.39 is 0 Å². The van der Waals surface area contributed by atoms with Crippen molar-refractivity contribution in [3.05, 3.63) is 64.7 Å². The van der Waals surface area contributed by atoms with Crippen molar-refractivity contribution in [1.82, 2.24) is 10.6 Å². The molecule has 0 heterocycles. The highest BCUT2D eigenvalue weighted by atomic mass is 16.5. The third-order valence-corrected chi connectivity index (χ3v) is 4.12. The zero-order valence-electron chi connectivity index (χ0n) is 15.6. The van der Waals surface area contributed by atoms with E-state index >= 15 is 0 Å². The molecule has 0 aliphatic carbocycles. The maximum atomic E-state index is 11.9. The minimum atomic E-state index is -0.0911. The van der Waals surface area contributed by atoms with E-state index in [1.54, 1.807) is 12.1 Å². The maximum Gasteiger partial charge on any atom is 0.251 e. The summed E-state index contributed by atoms with van der Waals surface area (Å²) in [6.07, 6.45) is 0.296. The van der Waals surface area contributed by atoms with Crippen LogP contribution in [0.1, 0.15) is 40.4 Å². The standard InChI is InChI=1S/C21H26N2O3/c1-4-22-21(25)18-8-6-17(7-9-18)14-23-20(24)11-12-26-19-10-5-15(2)16(3)13-19/h5-10,13H,4,11-12,14H2,1-3H3,(H,22,25)(H,23,24). The molecule has 0 fully saturated rings. The van der Waals surface area contributed by atoms with Crippen LogP contribution in [0.2, 0.25) is 0 Å². The van der Waals surface area contributed by atoms with E-state index in [1.807, 2.05) is 44.2 Å². The molecule has 0 unspecified atom stereocenters. The van der Waals surface area contributed by atoms with Gasteiger partial charge in [0, 0.05) is 18.7 Å². The zero-order chi connectivity index (χ0) is 18.9. The minimum absolute atomic E-state index is 0.0679. The van der Waals surface area contributed by atoms with Gasteiger partial charge >= 0.3 is 0 Å². The van der Waals surface area contributed by atoms with Crippen molar-refractivity contribution >= 4 is 11.8 Å². The Morgan fingerprint density at radius 3 is 2.35 bits per heavy atom. The number of rotatable bonds is 8. The van der Waals surface area contributed by atoms with Gasteiger partial charge in [-0.05, 0) is 61.7 Å². The van der Waals surface area contributed by atoms with Crippen LogP contribution in [0.3, 0.4) is 0 Å². The van der Waals surface area contributed by atoms with E-state index in [9.17, 15) is 9.59 Å². The number of ether oxygens (including phenoxy) is 1. The maximum absolute atomic E-state index is 11.9. The average Bonchev–Trinajstić information content (AvgIpc) is 2.63. The van der Waals surface area contributed by atoms with Gasteiger partial charge in [0.05, 0.1) is 13.0 Å². The molecule has 0 spiro atoms. The summed E-state index contributed by atoms with van der Waals surface area (Å²) >= 11 is 0. The molecule has 0 radical (unpaired) electrons. The summed E-state index contributed by atoms with van der Waals surface area (Å²) in [7, 11) is 0. The van der Waals surface area contributed by atoms with Gasteiger partial charge in [-0.1, -0.05) is 18.2 Å². The van der Waals surface area contributed by atoms with E-state index in [4.69, 9.17) is 4.74 Å². The lowest BCUT2D eigenvalue weighted by Crippen LogP contribution is -2.25. The Labute approximate surface area is 154 Å². The van der Waals surface area contributed by atoms with Crippen LogP contribution in [0.5, 0.6) is 5.75 Å². The molecule has 2 N–H and O–H groups in total. The summed E-state index contributed by atoms with van der Waals surface area (Å²) in [5, 5.41) is 5.61. The summed E-state index contributed by atoms with van der Waals surface area (Å²) in [5.41, 5.74) is 3.95. The topological polar surface area (TPSA) is 67.4 Å². The number of carbonyl (C=O) groups is 2. The molecule has 2 aromatic carbocycles. The fourth-order valence-corrected chi connectivity index (χ4v) is 2.39. The Hall–Kier alpha value is -2.82. The average molecular weight is 354 g/mol. The van der Waals surface area contributed by atoms with Gasteiger partial charge in [-0.25, -0.2) is 0 Å². The van der Waals surface area contributed by atoms with Crippen LogP contribution in [0.4, 0.5) is 0 Å². The molecular formula is C21H26N2O3. The molecule has 0 saturated heterocycles. The van der Waals surface area contributed by atoms with Crippen LogP contribution in [0.15, 0.2) is 42.5 Å². The Morgan fingerprint density at radius 2 is 1.69 bits per heavy atom. The van der Waals surface area contributed by atoms with Gasteiger partial charge in [-0.2, -0.15) is 0 Å². The first-order valence-electron chi connectivity index (χ1n) is 8.83. The molecule has 0 saturated carbocycles. The quantitative estimate of drug-likeness (QED) is 0.765. The lowest BCUT2D eigenvalue weighted by atomic mass is 10.1. The molecule has 138 valence electrons. The van der Waals surface area contributed by atoms with E-state index in [0.717, 1.165) is 11.3 Å². The van der Waals surface area contributed by atoms with Gasteiger partial charge < -0.3 is 15.4 Å². The second kappa shape index (κ2) is 9.61. The largest absolute Gasteiger partial charge is 0.493 e. The molecule has 0 aliphatic heterocycles. The number of benzene rings is 2. The van der Waals surface area contributed by atoms with E-state index in [1.165, 1.54) is 11.1 Å². The highest BCUT2D eigenvalue weighted by molar-refractivity contribution is 5.94. The Bertz CT molecular complexity index is 754. The van der Waals surface area contributed by atoms with Crippen molar-refractivity contribution in [3.8, 4) is 5.75 Å². The highest BCUT2D eigenvalue weighted by Crippen LogP contribution is 2.16. The van der Waals surface area contributed by atoms with Gasteiger partial charge in [0.1, 0.15) is 5.75 Å². The molecule has 26 heavy (non-hydrogen) atoms. The lowest BCUT2D eigenvalue weighted by molar-refractivity contribution is -0.121. The smallest absolute Gasteiger partial charge is 0.251 e. The fourth-order valence-electron chi connectivity index (χ4n) is 2.39. The molecular weight excluding hydrogens is 328 g/mol. The summed E-state index contributed by atoms with van der Waals surface area (Å²) in [6, 6.07) is 13.1. The number of carbonyl (C=O) groups excluding carboxylic acids is 2. The number of hydrogen-bond acceptors (Lipinski definition) is 3. The van der Waals surface area contributed by atoms with Crippen LogP contribution < -0.4 is 15.4 Å². The van der Waals surface area contributed by atoms with Crippen LogP contribution in [-0.2, 0) is 11.3 Å². The summed E-state index contributed by atoms with van der Waals surface area (Å²) in [4.78, 5) is 23.6. The van der Waals surface area contributed by atoms with Crippen molar-refractivity contribution in [2.45, 2.75) is 33.7 Å². The summed E-state index contributed by atoms with van der Waals surface area (Å²) < 4.78 is 5.62. The lowest BCUT2D eigenvalue weighted by Gasteiger charge is -2.09. The fraction of sp³-hybridized carbons (Fsp3) is 0.333. The number of hydrogen-bond donors (Lipinski definition) is 2. The van der Waals surface area contributed by atoms with Crippen molar-refractivity contribution in [1.29, 1.82) is 0 Å². The van der Waals surface area contributed by atoms with E-state index in [2.05, 4.69) is 17.6 Å². The van der Waals surface area contributed by atoms with Gasteiger partial charge in [0.25, 0.3) is 5.91 Å². The van der Waals surface area contributed by atoms with Crippen molar-refractivity contribution in [2.24, 2.45) is 0 Å². The number of aryl methyl sites for hydroxylation is 2. The molecule has 5 heteroatoms. The highest BCUT2D eigenvalue weighted by Gasteiger charge is 2.05. The molecule has 2 amide bonds. The van der Waals surface area contributed by atoms with Crippen LogP contribution >= 0.6 is 0 Å². The second-order valence-electron chi connectivity index (χ2n) is 6.18. The Morgan fingerprint density at radius 1 is 0.962 bits per heavy atom. The van der Waals surface area contributed by atoms with Gasteiger partial charge in [0.15, 0.2) is 0 Å². The van der Waals surface area contributed by atoms with Gasteiger partial charge in [0.2, 0.25) is 5.91 Å². The molecule has 5 nitrogen and oxygen atoms in total. The van der Waals surface area contributed by atoms with Gasteiger partial charge in [-0.15, -0.1) is 0 Å². The predicted octanol–water partition coefficient (Wildman–Crippen LogP) is 3.14. The van der Waals surface area contributed by atoms with Gasteiger partial charge in [-0.3, -0.25) is 9.59 Å². The van der Waals surface area contributed by atoms with Crippen LogP contribution in [0, 0.1) is 13.8 Å². The minimum Gasteiger partial charge on any atom is -0.493 e. The predicted molar refractivity (Wildman–Crippen MR) is 102 cm³/mol. The third kappa shape index (κ3) is 5.92. The number of nitrogens with one attached hydrogen (secondary N) is 2. The number of amides is 2. The molecule has 2 aromatic rings. The second-order valence-corrected chi connectivity index (χ2v) is 6.18. The van der Waals surface area contributed by atoms with E-state index in [-0.39, 0.29) is 11.8 Å². The van der Waals surface area contributed by atoms with Crippen molar-refractivity contribution in [2.75, 3.05) is 13.2 Å². The van der Waals surface area contributed by atoms with E-state index in [0.29, 0.717) is 31.7 Å². The first-order chi connectivity index (χ1) is 12.5. The molecule has 2 rings (SSSR count). The first kappa shape index (κ1) is 19.5. The normalized spacial score (nSPS) is 10.3.